The highest BCUT2D eigenvalue weighted by Crippen LogP contribution is 2.51. The lowest BCUT2D eigenvalue weighted by molar-refractivity contribution is -0.118. The molecule has 0 unspecified atom stereocenters. The predicted octanol–water partition coefficient (Wildman–Crippen LogP) is 2.64. The second kappa shape index (κ2) is 13.6. The van der Waals surface area contributed by atoms with Gasteiger partial charge in [0.05, 0.1) is 32.3 Å². The van der Waals surface area contributed by atoms with Crippen molar-refractivity contribution in [1.29, 1.82) is 0 Å². The minimum atomic E-state index is -1.30. The van der Waals surface area contributed by atoms with Crippen LogP contribution in [0.2, 0.25) is 0 Å². The molecule has 11 nitrogen and oxygen atoms in total. The van der Waals surface area contributed by atoms with Crippen LogP contribution >= 0.6 is 0 Å². The maximum atomic E-state index is 14.2. The number of fused-ring (bicyclic) bond motifs is 4. The summed E-state index contributed by atoms with van der Waals surface area (Å²) >= 11 is 0. The van der Waals surface area contributed by atoms with E-state index in [-0.39, 0.29) is 37.4 Å². The second-order valence-electron chi connectivity index (χ2n) is 11.1. The van der Waals surface area contributed by atoms with E-state index in [1.807, 2.05) is 0 Å². The lowest BCUT2D eigenvalue weighted by atomic mass is 9.77. The zero-order valence-corrected chi connectivity index (χ0v) is 24.8. The number of hydrogen-bond acceptors (Lipinski definition) is 9. The molecular weight excluding hydrogens is 568 g/mol. The van der Waals surface area contributed by atoms with Crippen molar-refractivity contribution < 1.29 is 38.8 Å². The first kappa shape index (κ1) is 31.2. The number of nitrogens with zero attached hydrogens (tertiary/aromatic N) is 1. The Hall–Kier alpha value is -4.19. The Bertz CT molecular complexity index is 1610. The number of aliphatic hydroxyl groups excluding tert-OH is 3. The number of ether oxygens (including phenoxy) is 2. The quantitative estimate of drug-likeness (QED) is 0.180. The van der Waals surface area contributed by atoms with E-state index in [0.717, 1.165) is 19.3 Å². The van der Waals surface area contributed by atoms with Gasteiger partial charge in [0.1, 0.15) is 23.4 Å². The zero-order valence-electron chi connectivity index (χ0n) is 24.8. The van der Waals surface area contributed by atoms with Crippen LogP contribution < -0.4 is 20.4 Å². The summed E-state index contributed by atoms with van der Waals surface area (Å²) in [6, 6.07) is 10.7. The Morgan fingerprint density at radius 2 is 1.89 bits per heavy atom. The number of aliphatic hydroxyl groups is 3. The third-order valence-corrected chi connectivity index (χ3v) is 8.24. The van der Waals surface area contributed by atoms with Gasteiger partial charge in [-0.1, -0.05) is 44.4 Å². The third-order valence-electron chi connectivity index (χ3n) is 8.24. The van der Waals surface area contributed by atoms with Crippen molar-refractivity contribution >= 4 is 22.8 Å². The molecule has 2 aromatic carbocycles. The van der Waals surface area contributed by atoms with Gasteiger partial charge in [0.15, 0.2) is 11.5 Å². The van der Waals surface area contributed by atoms with E-state index in [1.54, 1.807) is 42.5 Å². The van der Waals surface area contributed by atoms with Crippen molar-refractivity contribution in [3.05, 3.63) is 81.2 Å². The monoisotopic (exact) mass is 606 g/mol. The van der Waals surface area contributed by atoms with Gasteiger partial charge >= 0.3 is 5.63 Å². The van der Waals surface area contributed by atoms with Crippen LogP contribution in [0.1, 0.15) is 60.0 Å². The highest BCUT2D eigenvalue weighted by molar-refractivity contribution is 5.98. The molecule has 0 saturated heterocycles. The molecule has 1 aliphatic carbocycles. The largest absolute Gasteiger partial charge is 0.493 e. The molecule has 2 heterocycles. The number of carbonyl (C=O) groups excluding carboxylic acids is 2. The number of carbonyl (C=O) groups is 2. The first-order valence-electron chi connectivity index (χ1n) is 14.9. The summed E-state index contributed by atoms with van der Waals surface area (Å²) in [7, 11) is 1.46. The first-order valence-corrected chi connectivity index (χ1v) is 14.9. The van der Waals surface area contributed by atoms with Crippen LogP contribution in [0.15, 0.2) is 63.3 Å². The number of nitrogens with one attached hydrogen (secondary N) is 1. The molecule has 234 valence electrons. The van der Waals surface area contributed by atoms with Crippen LogP contribution in [-0.2, 0) is 11.4 Å². The fraction of sp³-hybridized carbons (Fsp3) is 0.424. The van der Waals surface area contributed by atoms with Gasteiger partial charge in [-0.25, -0.2) is 4.79 Å². The number of rotatable bonds is 12. The van der Waals surface area contributed by atoms with Crippen LogP contribution in [0.3, 0.4) is 0 Å². The topological polar surface area (TPSA) is 159 Å². The van der Waals surface area contributed by atoms with E-state index in [4.69, 9.17) is 13.9 Å². The second-order valence-corrected chi connectivity index (χ2v) is 11.1. The van der Waals surface area contributed by atoms with Crippen molar-refractivity contribution in [2.45, 2.75) is 63.4 Å². The number of methoxy groups -OCH3 is 1. The highest BCUT2D eigenvalue weighted by atomic mass is 16.5. The van der Waals surface area contributed by atoms with Crippen LogP contribution in [0.5, 0.6) is 11.5 Å². The molecule has 44 heavy (non-hydrogen) atoms. The molecule has 4 atom stereocenters. The lowest BCUT2D eigenvalue weighted by Crippen LogP contribution is -2.56. The van der Waals surface area contributed by atoms with Crippen molar-refractivity contribution in [2.24, 2.45) is 0 Å². The molecule has 2 aliphatic rings. The van der Waals surface area contributed by atoms with E-state index >= 15 is 0 Å². The first-order chi connectivity index (χ1) is 21.3. The Kier molecular flexibility index (Phi) is 9.68. The van der Waals surface area contributed by atoms with E-state index in [9.17, 15) is 29.7 Å². The molecule has 3 aromatic rings. The molecule has 4 N–H and O–H groups in total. The minimum Gasteiger partial charge on any atom is -0.493 e. The Balaban J connectivity index is 1.61. The lowest BCUT2D eigenvalue weighted by Gasteiger charge is -2.40. The van der Waals surface area contributed by atoms with E-state index in [1.165, 1.54) is 18.1 Å². The summed E-state index contributed by atoms with van der Waals surface area (Å²) in [6.45, 7) is 1.70. The number of hydrogen-bond donors (Lipinski definition) is 4. The van der Waals surface area contributed by atoms with Crippen molar-refractivity contribution in [3.63, 3.8) is 0 Å². The Labute approximate surface area is 254 Å². The SMILES string of the molecule is CCCCCCN(C(=O)c1cc2ccccc2oc1=O)[C@@H]1C=C(C(=O)NCCO)[C@@H]2c3cc(CO)cc(OC)c3O[C@@H]2[C@H]1O. The van der Waals surface area contributed by atoms with Crippen LogP contribution in [-0.4, -0.2) is 77.1 Å². The maximum Gasteiger partial charge on any atom is 0.349 e. The van der Waals surface area contributed by atoms with Gasteiger partial charge in [0.2, 0.25) is 5.91 Å². The van der Waals surface area contributed by atoms with Gasteiger partial charge in [-0.2, -0.15) is 0 Å². The van der Waals surface area contributed by atoms with Gasteiger partial charge < -0.3 is 39.4 Å². The standard InChI is InChI=1S/C33H38N2O9/c1-3-4-5-8-12-35(32(40)23-16-20-9-6-7-10-25(20)43-33(23)41)24-17-22(31(39)34-11-13-36)27-21-14-19(18-37)15-26(42-2)29(21)44-30(27)28(24)38/h6-7,9-10,14-17,24,27-28,30,36-38H,3-5,8,11-13,18H2,1-2H3,(H,34,39)/t24-,27+,28+,30+/m1/s1. The molecule has 11 heteroatoms. The fourth-order valence-corrected chi connectivity index (χ4v) is 6.08. The number of benzene rings is 2. The molecule has 0 bridgehead atoms. The maximum absolute atomic E-state index is 14.2. The number of unbranched alkanes of at least 4 members (excludes halogenated alkanes) is 3. The van der Waals surface area contributed by atoms with Gasteiger partial charge in [0.25, 0.3) is 5.91 Å². The molecular formula is C33H38N2O9. The molecule has 0 saturated carbocycles. The predicted molar refractivity (Wildman–Crippen MR) is 162 cm³/mol. The normalized spacial score (nSPS) is 20.3. The molecule has 5 rings (SSSR count). The molecule has 0 fully saturated rings. The van der Waals surface area contributed by atoms with Gasteiger partial charge in [0, 0.05) is 29.6 Å². The van der Waals surface area contributed by atoms with Crippen LogP contribution in [0, 0.1) is 0 Å². The summed E-state index contributed by atoms with van der Waals surface area (Å²) in [4.78, 5) is 42.2. The van der Waals surface area contributed by atoms with Gasteiger partial charge in [-0.3, -0.25) is 9.59 Å². The summed E-state index contributed by atoms with van der Waals surface area (Å²) in [6.07, 6.45) is 2.59. The smallest absolute Gasteiger partial charge is 0.349 e. The van der Waals surface area contributed by atoms with Gasteiger partial charge in [-0.05, 0) is 42.3 Å². The third kappa shape index (κ3) is 5.95. The van der Waals surface area contributed by atoms with Crippen LogP contribution in [0.25, 0.3) is 11.0 Å². The Morgan fingerprint density at radius 1 is 1.09 bits per heavy atom. The Morgan fingerprint density at radius 3 is 2.61 bits per heavy atom. The zero-order chi connectivity index (χ0) is 31.4. The average Bonchev–Trinajstić information content (AvgIpc) is 3.43. The fourth-order valence-electron chi connectivity index (χ4n) is 6.08. The molecule has 2 amide bonds. The van der Waals surface area contributed by atoms with Crippen LogP contribution in [0.4, 0.5) is 0 Å². The average molecular weight is 607 g/mol. The number of para-hydroxylation sites is 1. The van der Waals surface area contributed by atoms with E-state index in [2.05, 4.69) is 12.2 Å². The summed E-state index contributed by atoms with van der Waals surface area (Å²) < 4.78 is 17.2. The molecule has 1 aromatic heterocycles. The van der Waals surface area contributed by atoms with Crippen molar-refractivity contribution in [3.8, 4) is 11.5 Å². The number of amides is 2. The van der Waals surface area contributed by atoms with E-state index in [0.29, 0.717) is 40.0 Å². The summed E-state index contributed by atoms with van der Waals surface area (Å²) in [5.74, 6) is -1.22. The summed E-state index contributed by atoms with van der Waals surface area (Å²) in [5.41, 5.74) is 0.681. The molecule has 0 spiro atoms. The minimum absolute atomic E-state index is 0.00765. The van der Waals surface area contributed by atoms with Gasteiger partial charge in [-0.15, -0.1) is 0 Å². The summed E-state index contributed by atoms with van der Waals surface area (Å²) in [5, 5.41) is 34.4. The molecule has 1 aliphatic heterocycles. The highest BCUT2D eigenvalue weighted by Gasteiger charge is 2.51. The molecule has 0 radical (unpaired) electrons. The van der Waals surface area contributed by atoms with Crippen molar-refractivity contribution in [1.82, 2.24) is 10.2 Å². The van der Waals surface area contributed by atoms with Crippen molar-refractivity contribution in [2.75, 3.05) is 26.8 Å². The van der Waals surface area contributed by atoms with E-state index < -0.39 is 41.6 Å².